The van der Waals surface area contributed by atoms with Crippen LogP contribution in [0.15, 0.2) is 30.5 Å². The summed E-state index contributed by atoms with van der Waals surface area (Å²) in [4.78, 5) is 37.4. The molecule has 1 unspecified atom stereocenters. The molecule has 2 aliphatic rings. The van der Waals surface area contributed by atoms with Gasteiger partial charge in [-0.15, -0.1) is 0 Å². The number of benzene rings is 1. The van der Waals surface area contributed by atoms with Crippen molar-refractivity contribution in [2.75, 3.05) is 49.6 Å². The molecular weight excluding hydrogens is 398 g/mol. The quantitative estimate of drug-likeness (QED) is 0.637. The molecule has 0 saturated carbocycles. The van der Waals surface area contributed by atoms with E-state index in [-0.39, 0.29) is 17.5 Å². The number of piperidine rings is 1. The molecule has 5 N–H and O–H groups in total. The first-order valence-corrected chi connectivity index (χ1v) is 10.4. The van der Waals surface area contributed by atoms with Gasteiger partial charge in [-0.1, -0.05) is 6.07 Å². The van der Waals surface area contributed by atoms with Gasteiger partial charge in [0.05, 0.1) is 13.2 Å². The molecule has 1 atom stereocenters. The molecule has 0 aliphatic carbocycles. The number of hydrogen-bond donors (Lipinski definition) is 3. The highest BCUT2D eigenvalue weighted by Gasteiger charge is 2.22. The summed E-state index contributed by atoms with van der Waals surface area (Å²) < 4.78 is 5.32. The summed E-state index contributed by atoms with van der Waals surface area (Å²) in [6.45, 7) is 3.65. The number of hydrogen-bond acceptors (Lipinski definition) is 8. The van der Waals surface area contributed by atoms with Crippen molar-refractivity contribution < 1.29 is 14.3 Å². The Morgan fingerprint density at radius 3 is 2.74 bits per heavy atom. The van der Waals surface area contributed by atoms with Gasteiger partial charge >= 0.3 is 0 Å². The Balaban J connectivity index is 1.58. The highest BCUT2D eigenvalue weighted by molar-refractivity contribution is 5.99. The Hall–Kier alpha value is -3.24. The first kappa shape index (κ1) is 21.0. The Bertz CT molecular complexity index is 962. The molecule has 31 heavy (non-hydrogen) atoms. The first-order valence-electron chi connectivity index (χ1n) is 10.4. The fourth-order valence-electron chi connectivity index (χ4n) is 3.81. The molecule has 10 nitrogen and oxygen atoms in total. The van der Waals surface area contributed by atoms with Crippen molar-refractivity contribution in [3.8, 4) is 0 Å². The van der Waals surface area contributed by atoms with E-state index < -0.39 is 5.91 Å². The second-order valence-electron chi connectivity index (χ2n) is 7.76. The van der Waals surface area contributed by atoms with Crippen LogP contribution in [0.3, 0.4) is 0 Å². The lowest BCUT2D eigenvalue weighted by Gasteiger charge is -2.31. The third-order valence-electron chi connectivity index (χ3n) is 5.45. The summed E-state index contributed by atoms with van der Waals surface area (Å²) in [5.41, 5.74) is 13.0. The average molecular weight is 425 g/mol. The van der Waals surface area contributed by atoms with Crippen molar-refractivity contribution in [2.45, 2.75) is 18.9 Å². The maximum absolute atomic E-state index is 12.8. The molecule has 2 fully saturated rings. The minimum Gasteiger partial charge on any atom is -0.378 e. The number of ether oxygens (including phenoxy) is 1. The first-order chi connectivity index (χ1) is 15.0. The molecule has 0 radical (unpaired) electrons. The Kier molecular flexibility index (Phi) is 6.28. The van der Waals surface area contributed by atoms with Gasteiger partial charge in [0.25, 0.3) is 11.8 Å². The monoisotopic (exact) mass is 425 g/mol. The second-order valence-corrected chi connectivity index (χ2v) is 7.76. The molecule has 10 heteroatoms. The van der Waals surface area contributed by atoms with Crippen LogP contribution in [-0.2, 0) is 4.74 Å². The van der Waals surface area contributed by atoms with Crippen molar-refractivity contribution in [1.29, 1.82) is 0 Å². The second kappa shape index (κ2) is 9.27. The summed E-state index contributed by atoms with van der Waals surface area (Å²) in [6.07, 6.45) is 3.34. The molecule has 2 aliphatic heterocycles. The molecule has 2 saturated heterocycles. The van der Waals surface area contributed by atoms with E-state index >= 15 is 0 Å². The van der Waals surface area contributed by atoms with E-state index in [1.807, 2.05) is 4.90 Å². The average Bonchev–Trinajstić information content (AvgIpc) is 2.79. The predicted octanol–water partition coefficient (Wildman–Crippen LogP) is 0.719. The van der Waals surface area contributed by atoms with Crippen LogP contribution in [-0.4, -0.2) is 72.1 Å². The smallest absolute Gasteiger partial charge is 0.254 e. The van der Waals surface area contributed by atoms with E-state index in [2.05, 4.69) is 15.3 Å². The number of carbonyl (C=O) groups excluding carboxylic acids is 2. The van der Waals surface area contributed by atoms with Crippen LogP contribution in [0, 0.1) is 0 Å². The fraction of sp³-hybridized carbons (Fsp3) is 0.429. The summed E-state index contributed by atoms with van der Waals surface area (Å²) in [5, 5.41) is 3.14. The van der Waals surface area contributed by atoms with E-state index in [4.69, 9.17) is 16.2 Å². The number of amides is 2. The van der Waals surface area contributed by atoms with Crippen LogP contribution in [0.5, 0.6) is 0 Å². The molecule has 2 aromatic rings. The summed E-state index contributed by atoms with van der Waals surface area (Å²) in [5.74, 6) is 0.0912. The van der Waals surface area contributed by atoms with Crippen LogP contribution in [0.25, 0.3) is 0 Å². The number of carbonyl (C=O) groups is 2. The van der Waals surface area contributed by atoms with Crippen molar-refractivity contribution in [2.24, 2.45) is 11.5 Å². The molecule has 164 valence electrons. The highest BCUT2D eigenvalue weighted by Crippen LogP contribution is 2.24. The lowest BCUT2D eigenvalue weighted by Crippen LogP contribution is -2.43. The topological polar surface area (TPSA) is 140 Å². The van der Waals surface area contributed by atoms with Crippen LogP contribution < -0.4 is 21.7 Å². The number of morpholine rings is 1. The van der Waals surface area contributed by atoms with Crippen LogP contribution in [0.1, 0.15) is 33.6 Å². The number of nitrogens with one attached hydrogen (secondary N) is 1. The molecule has 0 bridgehead atoms. The predicted molar refractivity (Wildman–Crippen MR) is 116 cm³/mol. The van der Waals surface area contributed by atoms with E-state index in [1.54, 1.807) is 29.2 Å². The van der Waals surface area contributed by atoms with Gasteiger partial charge in [-0.2, -0.15) is 4.98 Å². The van der Waals surface area contributed by atoms with E-state index in [9.17, 15) is 9.59 Å². The van der Waals surface area contributed by atoms with Gasteiger partial charge < -0.3 is 31.3 Å². The minimum absolute atomic E-state index is 0.0623. The van der Waals surface area contributed by atoms with Crippen molar-refractivity contribution >= 4 is 29.3 Å². The van der Waals surface area contributed by atoms with E-state index in [0.29, 0.717) is 55.9 Å². The van der Waals surface area contributed by atoms with Gasteiger partial charge in [-0.05, 0) is 31.0 Å². The van der Waals surface area contributed by atoms with Crippen LogP contribution in [0.4, 0.5) is 17.5 Å². The highest BCUT2D eigenvalue weighted by atomic mass is 16.5. The maximum atomic E-state index is 12.8. The minimum atomic E-state index is -0.634. The molecule has 0 spiro atoms. The summed E-state index contributed by atoms with van der Waals surface area (Å²) in [7, 11) is 0. The number of primary amides is 1. The molecule has 4 rings (SSSR count). The zero-order valence-corrected chi connectivity index (χ0v) is 17.3. The van der Waals surface area contributed by atoms with Gasteiger partial charge in [0.1, 0.15) is 11.4 Å². The van der Waals surface area contributed by atoms with Gasteiger partial charge in [0.15, 0.2) is 0 Å². The fourth-order valence-corrected chi connectivity index (χ4v) is 3.81. The Labute approximate surface area is 180 Å². The molecule has 3 heterocycles. The third-order valence-corrected chi connectivity index (χ3v) is 5.45. The van der Waals surface area contributed by atoms with Gasteiger partial charge in [-0.25, -0.2) is 4.98 Å². The maximum Gasteiger partial charge on any atom is 0.254 e. The number of nitrogens with two attached hydrogens (primary N) is 2. The van der Waals surface area contributed by atoms with Gasteiger partial charge in [0.2, 0.25) is 5.95 Å². The summed E-state index contributed by atoms with van der Waals surface area (Å²) >= 11 is 0. The van der Waals surface area contributed by atoms with Crippen molar-refractivity contribution in [1.82, 2.24) is 14.9 Å². The molecule has 1 aromatic heterocycles. The zero-order chi connectivity index (χ0) is 21.8. The largest absolute Gasteiger partial charge is 0.378 e. The number of anilines is 3. The lowest BCUT2D eigenvalue weighted by atomic mass is 10.1. The standard InChI is InChI=1S/C21H27N7O3/c22-15-4-2-6-28(13-15)21-24-12-17(18(23)29)19(26-21)25-16-5-1-3-14(11-16)20(30)27-7-9-31-10-8-27/h1,3,5,11-12,15H,2,4,6-10,13,22H2,(H2,23,29)(H,24,25,26). The SMILES string of the molecule is NC(=O)c1cnc(N2CCCC(N)C2)nc1Nc1cccc(C(=O)N2CCOCC2)c1. The Morgan fingerprint density at radius 2 is 2.00 bits per heavy atom. The summed E-state index contributed by atoms with van der Waals surface area (Å²) in [6, 6.07) is 7.15. The van der Waals surface area contributed by atoms with Gasteiger partial charge in [0, 0.05) is 49.7 Å². The molecule has 2 amide bonds. The molecule has 1 aromatic carbocycles. The number of nitrogens with zero attached hydrogens (tertiary/aromatic N) is 4. The van der Waals surface area contributed by atoms with Gasteiger partial charge in [-0.3, -0.25) is 9.59 Å². The molecular formula is C21H27N7O3. The Morgan fingerprint density at radius 1 is 1.19 bits per heavy atom. The lowest BCUT2D eigenvalue weighted by molar-refractivity contribution is 0.0303. The van der Waals surface area contributed by atoms with E-state index in [1.165, 1.54) is 6.20 Å². The number of rotatable bonds is 5. The van der Waals surface area contributed by atoms with Crippen LogP contribution in [0.2, 0.25) is 0 Å². The zero-order valence-electron chi connectivity index (χ0n) is 17.3. The third kappa shape index (κ3) is 4.92. The number of aromatic nitrogens is 2. The van der Waals surface area contributed by atoms with Crippen molar-refractivity contribution in [3.63, 3.8) is 0 Å². The van der Waals surface area contributed by atoms with Crippen molar-refractivity contribution in [3.05, 3.63) is 41.6 Å². The van der Waals surface area contributed by atoms with E-state index in [0.717, 1.165) is 19.4 Å². The van der Waals surface area contributed by atoms with Crippen LogP contribution >= 0.6 is 0 Å². The normalized spacial score (nSPS) is 19.2.